The largest absolute Gasteiger partial charge is 0.396 e. The number of benzene rings is 3. The Labute approximate surface area is 242 Å². The van der Waals surface area contributed by atoms with Gasteiger partial charge in [-0.1, -0.05) is 58.5 Å². The number of nitrogen functional groups attached to an aromatic ring is 2. The molecule has 0 saturated heterocycles. The van der Waals surface area contributed by atoms with Crippen LogP contribution in [-0.4, -0.2) is 40.2 Å². The van der Waals surface area contributed by atoms with Gasteiger partial charge in [0, 0.05) is 24.7 Å². The minimum Gasteiger partial charge on any atom is -0.396 e. The number of nitrogens with zero attached hydrogens (tertiary/aromatic N) is 1. The summed E-state index contributed by atoms with van der Waals surface area (Å²) in [6.45, 7) is 2.35. The van der Waals surface area contributed by atoms with Crippen molar-refractivity contribution in [3.05, 3.63) is 90.9 Å². The monoisotopic (exact) mass is 598 g/mol. The molecule has 3 aromatic carbocycles. The summed E-state index contributed by atoms with van der Waals surface area (Å²) >= 11 is 24.7. The van der Waals surface area contributed by atoms with Crippen LogP contribution in [0.15, 0.2) is 48.5 Å². The first-order valence-corrected chi connectivity index (χ1v) is 13.4. The van der Waals surface area contributed by atoms with Crippen molar-refractivity contribution in [3.63, 3.8) is 0 Å². The van der Waals surface area contributed by atoms with Crippen LogP contribution in [-0.2, 0) is 6.42 Å². The third kappa shape index (κ3) is 7.67. The van der Waals surface area contributed by atoms with Gasteiger partial charge in [0.05, 0.1) is 43.7 Å². The van der Waals surface area contributed by atoms with E-state index in [0.717, 1.165) is 5.56 Å². The van der Waals surface area contributed by atoms with E-state index in [1.54, 1.807) is 36.4 Å². The standard InChI is InChI=1S/C27H30Cl4N4O3/c1-14(2-3-15-4-6-16(7-5-15)27(34)38)35(12-23(36)17-8-19(28)25(32)20(29)9-17)13-24(37)18-10-21(30)26(33)22(31)11-18/h4-11,14,23-24,36-37H,2-3,12-13,32-33H2,1H3,(H2,34,38)/t14-,23?,24?/m1/s1. The van der Waals surface area contributed by atoms with Gasteiger partial charge in [0.25, 0.3) is 0 Å². The lowest BCUT2D eigenvalue weighted by atomic mass is 10.0. The number of nitrogens with two attached hydrogens (primary N) is 3. The maximum absolute atomic E-state index is 11.3. The predicted octanol–water partition coefficient (Wildman–Crippen LogP) is 5.65. The van der Waals surface area contributed by atoms with E-state index in [0.29, 0.717) is 29.5 Å². The van der Waals surface area contributed by atoms with Crippen molar-refractivity contribution in [1.29, 1.82) is 0 Å². The molecule has 11 heteroatoms. The molecule has 0 bridgehead atoms. The second-order valence-electron chi connectivity index (χ2n) is 9.23. The molecule has 2 unspecified atom stereocenters. The molecular formula is C27H30Cl4N4O3. The zero-order chi connectivity index (χ0) is 28.1. The number of halogens is 4. The number of carbonyl (C=O) groups is 1. The van der Waals surface area contributed by atoms with Crippen LogP contribution >= 0.6 is 46.4 Å². The Bertz CT molecular complexity index is 1180. The third-order valence-corrected chi connectivity index (χ3v) is 7.75. The van der Waals surface area contributed by atoms with Crippen LogP contribution in [0.2, 0.25) is 20.1 Å². The first-order valence-electron chi connectivity index (χ1n) is 11.8. The summed E-state index contributed by atoms with van der Waals surface area (Å²) in [6, 6.07) is 13.3. The van der Waals surface area contributed by atoms with Crippen LogP contribution in [0.5, 0.6) is 0 Å². The zero-order valence-corrected chi connectivity index (χ0v) is 23.7. The Balaban J connectivity index is 1.81. The summed E-state index contributed by atoms with van der Waals surface area (Å²) < 4.78 is 0. The first kappa shape index (κ1) is 30.3. The number of aryl methyl sites for hydroxylation is 1. The van der Waals surface area contributed by atoms with Crippen molar-refractivity contribution in [3.8, 4) is 0 Å². The summed E-state index contributed by atoms with van der Waals surface area (Å²) in [6.07, 6.45) is -0.536. The molecule has 204 valence electrons. The molecule has 1 amide bonds. The van der Waals surface area contributed by atoms with Gasteiger partial charge in [-0.2, -0.15) is 0 Å². The maximum atomic E-state index is 11.3. The molecule has 3 rings (SSSR count). The normalized spacial score (nSPS) is 13.9. The van der Waals surface area contributed by atoms with Gasteiger partial charge in [-0.05, 0) is 72.9 Å². The number of carbonyl (C=O) groups excluding carboxylic acids is 1. The van der Waals surface area contributed by atoms with E-state index in [2.05, 4.69) is 0 Å². The molecule has 0 aliphatic rings. The Morgan fingerprint density at radius 3 is 1.58 bits per heavy atom. The van der Waals surface area contributed by atoms with Gasteiger partial charge in [-0.25, -0.2) is 0 Å². The van der Waals surface area contributed by atoms with Crippen LogP contribution < -0.4 is 17.2 Å². The molecule has 3 aromatic rings. The molecule has 0 aliphatic carbocycles. The zero-order valence-electron chi connectivity index (χ0n) is 20.7. The van der Waals surface area contributed by atoms with Crippen molar-refractivity contribution in [2.24, 2.45) is 5.73 Å². The lowest BCUT2D eigenvalue weighted by molar-refractivity contribution is 0.0460. The van der Waals surface area contributed by atoms with Crippen LogP contribution in [0.4, 0.5) is 11.4 Å². The summed E-state index contributed by atoms with van der Waals surface area (Å²) in [7, 11) is 0. The highest BCUT2D eigenvalue weighted by atomic mass is 35.5. The van der Waals surface area contributed by atoms with Crippen LogP contribution in [0.25, 0.3) is 0 Å². The average Bonchev–Trinajstić information content (AvgIpc) is 2.87. The van der Waals surface area contributed by atoms with E-state index >= 15 is 0 Å². The summed E-state index contributed by atoms with van der Waals surface area (Å²) in [5.74, 6) is -0.482. The highest BCUT2D eigenvalue weighted by Gasteiger charge is 2.24. The van der Waals surface area contributed by atoms with Gasteiger partial charge in [-0.15, -0.1) is 0 Å². The number of hydrogen-bond acceptors (Lipinski definition) is 6. The van der Waals surface area contributed by atoms with Crippen molar-refractivity contribution < 1.29 is 15.0 Å². The molecule has 8 N–H and O–H groups in total. The topological polar surface area (TPSA) is 139 Å². The number of aliphatic hydroxyl groups excluding tert-OH is 2. The van der Waals surface area contributed by atoms with Crippen molar-refractivity contribution in [2.75, 3.05) is 24.6 Å². The van der Waals surface area contributed by atoms with Gasteiger partial charge >= 0.3 is 0 Å². The lowest BCUT2D eigenvalue weighted by Gasteiger charge is -2.33. The first-order chi connectivity index (χ1) is 17.9. The van der Waals surface area contributed by atoms with Crippen molar-refractivity contribution in [1.82, 2.24) is 4.90 Å². The van der Waals surface area contributed by atoms with Crippen molar-refractivity contribution in [2.45, 2.75) is 38.0 Å². The van der Waals surface area contributed by atoms with Crippen molar-refractivity contribution >= 4 is 63.7 Å². The van der Waals surface area contributed by atoms with E-state index in [9.17, 15) is 15.0 Å². The average molecular weight is 600 g/mol. The number of rotatable bonds is 11. The Morgan fingerprint density at radius 2 is 1.21 bits per heavy atom. The number of aliphatic hydroxyl groups is 2. The lowest BCUT2D eigenvalue weighted by Crippen LogP contribution is -2.39. The second kappa shape index (κ2) is 13.2. The molecule has 0 radical (unpaired) electrons. The minimum atomic E-state index is -0.964. The van der Waals surface area contributed by atoms with E-state index in [-0.39, 0.29) is 50.6 Å². The van der Waals surface area contributed by atoms with Gasteiger partial charge in [0.15, 0.2) is 0 Å². The van der Waals surface area contributed by atoms with E-state index in [1.807, 2.05) is 24.0 Å². The van der Waals surface area contributed by atoms with Gasteiger partial charge < -0.3 is 27.4 Å². The maximum Gasteiger partial charge on any atom is 0.248 e. The van der Waals surface area contributed by atoms with Gasteiger partial charge in [0.1, 0.15) is 0 Å². The fraction of sp³-hybridized carbons (Fsp3) is 0.296. The Hall–Kier alpha value is -2.23. The highest BCUT2D eigenvalue weighted by Crippen LogP contribution is 2.34. The van der Waals surface area contributed by atoms with Gasteiger partial charge in [0.2, 0.25) is 5.91 Å². The molecule has 0 heterocycles. The smallest absolute Gasteiger partial charge is 0.248 e. The molecule has 38 heavy (non-hydrogen) atoms. The SMILES string of the molecule is C[C@H](CCc1ccc(C(N)=O)cc1)N(CC(O)c1cc(Cl)c(N)c(Cl)c1)CC(O)c1cc(Cl)c(N)c(Cl)c1. The van der Waals surface area contributed by atoms with Gasteiger partial charge in [-0.3, -0.25) is 9.69 Å². The molecule has 3 atom stereocenters. The van der Waals surface area contributed by atoms with E-state index in [1.165, 1.54) is 0 Å². The van der Waals surface area contributed by atoms with Crippen LogP contribution in [0.3, 0.4) is 0 Å². The number of anilines is 2. The number of amides is 1. The van der Waals surface area contributed by atoms with Crippen LogP contribution in [0, 0.1) is 0 Å². The van der Waals surface area contributed by atoms with Crippen LogP contribution in [0.1, 0.15) is 52.6 Å². The molecular weight excluding hydrogens is 570 g/mol. The Morgan fingerprint density at radius 1 is 0.816 bits per heavy atom. The highest BCUT2D eigenvalue weighted by molar-refractivity contribution is 6.39. The summed E-state index contributed by atoms with van der Waals surface area (Å²) in [5, 5.41) is 23.1. The molecule has 0 fully saturated rings. The molecule has 7 nitrogen and oxygen atoms in total. The van der Waals surface area contributed by atoms with E-state index < -0.39 is 18.1 Å². The molecule has 0 spiro atoms. The second-order valence-corrected chi connectivity index (χ2v) is 10.9. The quantitative estimate of drug-likeness (QED) is 0.180. The minimum absolute atomic E-state index is 0.0745. The molecule has 0 saturated carbocycles. The van der Waals surface area contributed by atoms with E-state index in [4.69, 9.17) is 63.6 Å². The number of primary amides is 1. The fourth-order valence-electron chi connectivity index (χ4n) is 4.08. The number of hydrogen-bond donors (Lipinski definition) is 5. The summed E-state index contributed by atoms with van der Waals surface area (Å²) in [4.78, 5) is 13.3. The fourth-order valence-corrected chi connectivity index (χ4v) is 5.08. The third-order valence-electron chi connectivity index (χ3n) is 6.50. The molecule has 0 aliphatic heterocycles. The summed E-state index contributed by atoms with van der Waals surface area (Å²) in [5.41, 5.74) is 20.0. The molecule has 0 aromatic heterocycles. The predicted molar refractivity (Wildman–Crippen MR) is 156 cm³/mol. The Kier molecular flexibility index (Phi) is 10.5.